The van der Waals surface area contributed by atoms with Gasteiger partial charge in [-0.15, -0.1) is 0 Å². The zero-order valence-electron chi connectivity index (χ0n) is 11.1. The smallest absolute Gasteiger partial charge is 0.263 e. The largest absolute Gasteiger partial charge is 0.384 e. The third-order valence-electron chi connectivity index (χ3n) is 2.86. The van der Waals surface area contributed by atoms with Crippen molar-refractivity contribution in [2.75, 3.05) is 10.5 Å². The molecule has 2 aromatic heterocycles. The molecule has 0 fully saturated rings. The molecule has 0 aliphatic carbocycles. The van der Waals surface area contributed by atoms with E-state index in [1.54, 1.807) is 25.1 Å². The van der Waals surface area contributed by atoms with E-state index < -0.39 is 10.0 Å². The Morgan fingerprint density at radius 2 is 2.00 bits per heavy atom. The van der Waals surface area contributed by atoms with E-state index in [0.29, 0.717) is 22.5 Å². The van der Waals surface area contributed by atoms with Gasteiger partial charge >= 0.3 is 0 Å². The van der Waals surface area contributed by atoms with Gasteiger partial charge in [-0.1, -0.05) is 5.16 Å². The maximum Gasteiger partial charge on any atom is 0.263 e. The summed E-state index contributed by atoms with van der Waals surface area (Å²) in [7, 11) is -3.73. The summed E-state index contributed by atoms with van der Waals surface area (Å²) in [4.78, 5) is 4.23. The van der Waals surface area contributed by atoms with Crippen molar-refractivity contribution in [1.82, 2.24) is 10.1 Å². The Kier molecular flexibility index (Phi) is 3.02. The van der Waals surface area contributed by atoms with Crippen LogP contribution in [0.1, 0.15) is 5.76 Å². The van der Waals surface area contributed by atoms with Crippen molar-refractivity contribution in [2.45, 2.75) is 11.8 Å². The molecular weight excluding hydrogens is 292 g/mol. The van der Waals surface area contributed by atoms with Gasteiger partial charge in [-0.3, -0.25) is 4.72 Å². The number of aryl methyl sites for hydroxylation is 1. The van der Waals surface area contributed by atoms with E-state index in [0.717, 1.165) is 0 Å². The van der Waals surface area contributed by atoms with Crippen LogP contribution in [0.4, 0.5) is 11.6 Å². The number of nitrogens with zero attached hydrogens (tertiary/aromatic N) is 2. The molecule has 8 heteroatoms. The number of nitrogens with one attached hydrogen (secondary N) is 1. The summed E-state index contributed by atoms with van der Waals surface area (Å²) in [6.07, 6.45) is 0. The summed E-state index contributed by atoms with van der Waals surface area (Å²) in [5, 5.41) is 4.29. The normalized spacial score (nSPS) is 11.7. The lowest BCUT2D eigenvalue weighted by Crippen LogP contribution is -2.13. The van der Waals surface area contributed by atoms with E-state index in [-0.39, 0.29) is 10.7 Å². The number of pyridine rings is 1. The molecule has 0 saturated heterocycles. The highest BCUT2D eigenvalue weighted by atomic mass is 32.2. The van der Waals surface area contributed by atoms with Gasteiger partial charge in [-0.25, -0.2) is 13.4 Å². The van der Waals surface area contributed by atoms with E-state index >= 15 is 0 Å². The molecule has 0 aliphatic heterocycles. The van der Waals surface area contributed by atoms with Crippen molar-refractivity contribution >= 4 is 32.6 Å². The number of hydrogen-bond donors (Lipinski definition) is 2. The molecule has 3 rings (SSSR count). The van der Waals surface area contributed by atoms with Crippen molar-refractivity contribution in [3.8, 4) is 0 Å². The van der Waals surface area contributed by atoms with Gasteiger partial charge in [0.05, 0.1) is 10.4 Å². The molecule has 0 atom stereocenters. The molecule has 3 N–H and O–H groups in total. The Bertz CT molecular complexity index is 918. The zero-order chi connectivity index (χ0) is 15.0. The van der Waals surface area contributed by atoms with Gasteiger partial charge in [0, 0.05) is 11.5 Å². The van der Waals surface area contributed by atoms with Gasteiger partial charge in [-0.2, -0.15) is 0 Å². The van der Waals surface area contributed by atoms with Gasteiger partial charge in [0.2, 0.25) is 0 Å². The second kappa shape index (κ2) is 4.74. The lowest BCUT2D eigenvalue weighted by molar-refractivity contribution is 0.400. The van der Waals surface area contributed by atoms with Crippen LogP contribution >= 0.6 is 0 Å². The summed E-state index contributed by atoms with van der Waals surface area (Å²) in [5.41, 5.74) is 6.22. The molecule has 0 aliphatic rings. The molecule has 0 saturated carbocycles. The Labute approximate surface area is 120 Å². The predicted octanol–water partition coefficient (Wildman–Crippen LogP) is 1.91. The molecule has 7 nitrogen and oxygen atoms in total. The first kappa shape index (κ1) is 13.4. The van der Waals surface area contributed by atoms with Crippen LogP contribution in [0.25, 0.3) is 10.9 Å². The highest BCUT2D eigenvalue weighted by molar-refractivity contribution is 7.92. The lowest BCUT2D eigenvalue weighted by atomic mass is 10.2. The van der Waals surface area contributed by atoms with Crippen LogP contribution in [-0.4, -0.2) is 18.6 Å². The number of fused-ring (bicyclic) bond motifs is 1. The van der Waals surface area contributed by atoms with Crippen molar-refractivity contribution < 1.29 is 12.9 Å². The molecule has 21 heavy (non-hydrogen) atoms. The number of hydrogen-bond acceptors (Lipinski definition) is 6. The molecule has 108 valence electrons. The number of rotatable bonds is 3. The van der Waals surface area contributed by atoms with Gasteiger partial charge < -0.3 is 10.3 Å². The quantitative estimate of drug-likeness (QED) is 0.764. The van der Waals surface area contributed by atoms with Crippen molar-refractivity contribution in [3.63, 3.8) is 0 Å². The van der Waals surface area contributed by atoms with Gasteiger partial charge in [0.25, 0.3) is 10.0 Å². The van der Waals surface area contributed by atoms with E-state index in [4.69, 9.17) is 10.3 Å². The summed E-state index contributed by atoms with van der Waals surface area (Å²) in [6, 6.07) is 9.43. The molecule has 0 radical (unpaired) electrons. The van der Waals surface area contributed by atoms with E-state index in [1.165, 1.54) is 18.2 Å². The van der Waals surface area contributed by atoms with Crippen LogP contribution in [-0.2, 0) is 10.0 Å². The predicted molar refractivity (Wildman–Crippen MR) is 78.2 cm³/mol. The fraction of sp³-hybridized carbons (Fsp3) is 0.0769. The Hall–Kier alpha value is -2.61. The minimum Gasteiger partial charge on any atom is -0.384 e. The van der Waals surface area contributed by atoms with E-state index in [9.17, 15) is 8.42 Å². The highest BCUT2D eigenvalue weighted by Crippen LogP contribution is 2.21. The summed E-state index contributed by atoms with van der Waals surface area (Å²) < 4.78 is 31.7. The van der Waals surface area contributed by atoms with E-state index in [1.807, 2.05) is 0 Å². The molecule has 3 aromatic rings. The molecule has 0 amide bonds. The second-order valence-electron chi connectivity index (χ2n) is 4.52. The second-order valence-corrected chi connectivity index (χ2v) is 6.20. The van der Waals surface area contributed by atoms with Crippen molar-refractivity contribution in [2.24, 2.45) is 0 Å². The maximum atomic E-state index is 12.3. The zero-order valence-corrected chi connectivity index (χ0v) is 11.9. The summed E-state index contributed by atoms with van der Waals surface area (Å²) in [6.45, 7) is 1.68. The van der Waals surface area contributed by atoms with Crippen LogP contribution in [0.3, 0.4) is 0 Å². The average molecular weight is 304 g/mol. The number of nitrogens with two attached hydrogens (primary N) is 1. The van der Waals surface area contributed by atoms with Gasteiger partial charge in [-0.05, 0) is 37.3 Å². The lowest BCUT2D eigenvalue weighted by Gasteiger charge is -2.06. The third kappa shape index (κ3) is 2.65. The first-order valence-corrected chi connectivity index (χ1v) is 7.55. The number of anilines is 2. The maximum absolute atomic E-state index is 12.3. The standard InChI is InChI=1S/C13H12N4O3S/c1-8-6-13(16-20-8)17-21(18,19)10-3-4-11-9(7-10)2-5-12(14)15-11/h2-7H,1H3,(H2,14,15)(H,16,17). The molecular formula is C13H12N4O3S. The first-order valence-electron chi connectivity index (χ1n) is 6.06. The molecule has 0 spiro atoms. The molecule has 0 bridgehead atoms. The van der Waals surface area contributed by atoms with Gasteiger partial charge in [0.1, 0.15) is 11.6 Å². The Morgan fingerprint density at radius 1 is 1.19 bits per heavy atom. The minimum absolute atomic E-state index is 0.113. The van der Waals surface area contributed by atoms with Crippen LogP contribution in [0.15, 0.2) is 45.8 Å². The third-order valence-corrected chi connectivity index (χ3v) is 4.21. The fourth-order valence-corrected chi connectivity index (χ4v) is 2.92. The monoisotopic (exact) mass is 304 g/mol. The number of aromatic nitrogens is 2. The van der Waals surface area contributed by atoms with Crippen LogP contribution in [0.2, 0.25) is 0 Å². The Morgan fingerprint density at radius 3 is 2.71 bits per heavy atom. The number of sulfonamides is 1. The van der Waals surface area contributed by atoms with Crippen LogP contribution in [0, 0.1) is 6.92 Å². The van der Waals surface area contributed by atoms with Crippen molar-refractivity contribution in [1.29, 1.82) is 0 Å². The average Bonchev–Trinajstić information content (AvgIpc) is 2.82. The minimum atomic E-state index is -3.73. The molecule has 0 unspecified atom stereocenters. The highest BCUT2D eigenvalue weighted by Gasteiger charge is 2.16. The van der Waals surface area contributed by atoms with Crippen LogP contribution in [0.5, 0.6) is 0 Å². The molecule has 2 heterocycles. The SMILES string of the molecule is Cc1cc(NS(=O)(=O)c2ccc3nc(N)ccc3c2)no1. The summed E-state index contributed by atoms with van der Waals surface area (Å²) >= 11 is 0. The Balaban J connectivity index is 2.00. The van der Waals surface area contributed by atoms with Crippen LogP contribution < -0.4 is 10.5 Å². The first-order chi connectivity index (χ1) is 9.94. The van der Waals surface area contributed by atoms with Crippen molar-refractivity contribution in [3.05, 3.63) is 42.2 Å². The van der Waals surface area contributed by atoms with Gasteiger partial charge in [0.15, 0.2) is 5.82 Å². The molecule has 1 aromatic carbocycles. The number of nitrogen functional groups attached to an aromatic ring is 1. The fourth-order valence-electron chi connectivity index (χ4n) is 1.90. The summed E-state index contributed by atoms with van der Waals surface area (Å²) in [5.74, 6) is 1.04. The number of benzene rings is 1. The van der Waals surface area contributed by atoms with E-state index in [2.05, 4.69) is 14.9 Å². The topological polar surface area (TPSA) is 111 Å².